The van der Waals surface area contributed by atoms with Crippen LogP contribution < -0.4 is 10.4 Å². The SMILES string of the molecule is Cl.O=c1oc2cc(OCCn3cccn3)ccc2c2ccc(O)cc12. The lowest BCUT2D eigenvalue weighted by Gasteiger charge is -2.08. The lowest BCUT2D eigenvalue weighted by atomic mass is 10.1. The number of nitrogens with zero attached hydrogens (tertiary/aromatic N) is 2. The number of hydrogen-bond acceptors (Lipinski definition) is 5. The number of ether oxygens (including phenoxy) is 1. The van der Waals surface area contributed by atoms with E-state index in [1.54, 1.807) is 29.1 Å². The van der Waals surface area contributed by atoms with Crippen LogP contribution in [-0.2, 0) is 6.54 Å². The van der Waals surface area contributed by atoms with E-state index in [0.717, 1.165) is 10.8 Å². The van der Waals surface area contributed by atoms with E-state index in [0.29, 0.717) is 29.9 Å². The number of fused-ring (bicyclic) bond motifs is 3. The topological polar surface area (TPSA) is 77.5 Å². The van der Waals surface area contributed by atoms with Crippen molar-refractivity contribution < 1.29 is 14.3 Å². The van der Waals surface area contributed by atoms with Gasteiger partial charge in [0.1, 0.15) is 23.7 Å². The molecule has 0 amide bonds. The Bertz CT molecular complexity index is 1070. The van der Waals surface area contributed by atoms with Crippen molar-refractivity contribution in [3.05, 3.63) is 65.3 Å². The first-order chi connectivity index (χ1) is 11.7. The average Bonchev–Trinajstić information content (AvgIpc) is 3.08. The molecule has 0 saturated heterocycles. The Kier molecular flexibility index (Phi) is 4.63. The van der Waals surface area contributed by atoms with Gasteiger partial charge in [0.25, 0.3) is 0 Å². The minimum atomic E-state index is -0.484. The quantitative estimate of drug-likeness (QED) is 0.447. The predicted molar refractivity (Wildman–Crippen MR) is 96.6 cm³/mol. The van der Waals surface area contributed by atoms with Crippen molar-refractivity contribution in [3.8, 4) is 11.5 Å². The normalized spacial score (nSPS) is 10.7. The molecule has 0 saturated carbocycles. The van der Waals surface area contributed by atoms with E-state index in [1.807, 2.05) is 24.4 Å². The van der Waals surface area contributed by atoms with Gasteiger partial charge in [-0.3, -0.25) is 4.68 Å². The van der Waals surface area contributed by atoms with Crippen molar-refractivity contribution >= 4 is 34.1 Å². The molecular formula is C18H15ClN2O4. The number of aromatic nitrogens is 2. The Morgan fingerprint density at radius 1 is 1.12 bits per heavy atom. The summed E-state index contributed by atoms with van der Waals surface area (Å²) in [7, 11) is 0. The minimum Gasteiger partial charge on any atom is -0.508 e. The summed E-state index contributed by atoms with van der Waals surface area (Å²) >= 11 is 0. The lowest BCUT2D eigenvalue weighted by molar-refractivity contribution is 0.291. The molecule has 0 spiro atoms. The van der Waals surface area contributed by atoms with Crippen LogP contribution in [-0.4, -0.2) is 21.5 Å². The zero-order valence-corrected chi connectivity index (χ0v) is 13.9. The van der Waals surface area contributed by atoms with Gasteiger partial charge < -0.3 is 14.3 Å². The second-order valence-corrected chi connectivity index (χ2v) is 5.39. The highest BCUT2D eigenvalue weighted by atomic mass is 35.5. The van der Waals surface area contributed by atoms with Gasteiger partial charge in [-0.25, -0.2) is 4.79 Å². The minimum absolute atomic E-state index is 0. The Hall–Kier alpha value is -2.99. The van der Waals surface area contributed by atoms with E-state index in [4.69, 9.17) is 9.15 Å². The molecule has 0 aliphatic rings. The van der Waals surface area contributed by atoms with Crippen LogP contribution in [0.4, 0.5) is 0 Å². The van der Waals surface area contributed by atoms with E-state index in [1.165, 1.54) is 6.07 Å². The molecule has 0 bridgehead atoms. The van der Waals surface area contributed by atoms with Gasteiger partial charge >= 0.3 is 5.63 Å². The number of hydrogen-bond donors (Lipinski definition) is 1. The predicted octanol–water partition coefficient (Wildman–Crippen LogP) is 3.35. The van der Waals surface area contributed by atoms with Gasteiger partial charge in [-0.05, 0) is 36.4 Å². The number of rotatable bonds is 4. The molecule has 1 N–H and O–H groups in total. The highest BCUT2D eigenvalue weighted by Crippen LogP contribution is 2.28. The molecule has 0 unspecified atom stereocenters. The molecule has 0 aliphatic heterocycles. The number of halogens is 1. The van der Waals surface area contributed by atoms with Crippen molar-refractivity contribution in [2.75, 3.05) is 6.61 Å². The molecule has 2 heterocycles. The molecular weight excluding hydrogens is 344 g/mol. The molecule has 2 aromatic heterocycles. The smallest absolute Gasteiger partial charge is 0.344 e. The molecule has 0 fully saturated rings. The molecule has 2 aromatic carbocycles. The van der Waals surface area contributed by atoms with E-state index in [-0.39, 0.29) is 18.2 Å². The van der Waals surface area contributed by atoms with Gasteiger partial charge in [0.05, 0.1) is 11.9 Å². The van der Waals surface area contributed by atoms with Crippen molar-refractivity contribution in [2.45, 2.75) is 6.54 Å². The Morgan fingerprint density at radius 3 is 2.76 bits per heavy atom. The summed E-state index contributed by atoms with van der Waals surface area (Å²) in [5, 5.41) is 15.5. The van der Waals surface area contributed by atoms with E-state index in [2.05, 4.69) is 5.10 Å². The zero-order chi connectivity index (χ0) is 16.5. The van der Waals surface area contributed by atoms with Crippen molar-refractivity contribution in [3.63, 3.8) is 0 Å². The van der Waals surface area contributed by atoms with E-state index >= 15 is 0 Å². The third kappa shape index (κ3) is 3.29. The summed E-state index contributed by atoms with van der Waals surface area (Å²) in [5.41, 5.74) is -0.0307. The first kappa shape index (κ1) is 16.9. The molecule has 128 valence electrons. The molecule has 4 aromatic rings. The Balaban J connectivity index is 0.00000182. The van der Waals surface area contributed by atoms with Crippen LogP contribution >= 0.6 is 12.4 Å². The summed E-state index contributed by atoms with van der Waals surface area (Å²) in [6.07, 6.45) is 3.58. The molecule has 0 atom stereocenters. The standard InChI is InChI=1S/C18H14N2O4.ClH/c21-12-2-4-14-15-5-3-13(23-9-8-20-7-1-6-19-20)11-17(15)24-18(22)16(14)10-12;/h1-7,10-11,21H,8-9H2;1H. The molecule has 0 radical (unpaired) electrons. The van der Waals surface area contributed by atoms with Crippen LogP contribution in [0.25, 0.3) is 21.7 Å². The summed E-state index contributed by atoms with van der Waals surface area (Å²) in [4.78, 5) is 12.1. The van der Waals surface area contributed by atoms with Crippen LogP contribution in [0, 0.1) is 0 Å². The Labute approximate surface area is 148 Å². The maximum atomic E-state index is 12.1. The highest BCUT2D eigenvalue weighted by Gasteiger charge is 2.09. The molecule has 6 nitrogen and oxygen atoms in total. The van der Waals surface area contributed by atoms with Crippen molar-refractivity contribution in [2.24, 2.45) is 0 Å². The van der Waals surface area contributed by atoms with Gasteiger partial charge in [-0.2, -0.15) is 5.10 Å². The fourth-order valence-electron chi connectivity index (χ4n) is 2.68. The largest absolute Gasteiger partial charge is 0.508 e. The van der Waals surface area contributed by atoms with Gasteiger partial charge in [-0.1, -0.05) is 0 Å². The van der Waals surface area contributed by atoms with Gasteiger partial charge in [0.15, 0.2) is 0 Å². The van der Waals surface area contributed by atoms with E-state index in [9.17, 15) is 9.90 Å². The van der Waals surface area contributed by atoms with Gasteiger partial charge in [-0.15, -0.1) is 12.4 Å². The van der Waals surface area contributed by atoms with Gasteiger partial charge in [0.2, 0.25) is 0 Å². The monoisotopic (exact) mass is 358 g/mol. The van der Waals surface area contributed by atoms with Crippen LogP contribution in [0.5, 0.6) is 11.5 Å². The van der Waals surface area contributed by atoms with Crippen LogP contribution in [0.15, 0.2) is 64.1 Å². The van der Waals surface area contributed by atoms with Gasteiger partial charge in [0, 0.05) is 29.2 Å². The first-order valence-electron chi connectivity index (χ1n) is 7.50. The fourth-order valence-corrected chi connectivity index (χ4v) is 2.68. The third-order valence-electron chi connectivity index (χ3n) is 3.82. The van der Waals surface area contributed by atoms with Crippen LogP contribution in [0.1, 0.15) is 0 Å². The van der Waals surface area contributed by atoms with Crippen molar-refractivity contribution in [1.82, 2.24) is 9.78 Å². The first-order valence-corrected chi connectivity index (χ1v) is 7.50. The molecule has 4 rings (SSSR count). The zero-order valence-electron chi connectivity index (χ0n) is 13.1. The highest BCUT2D eigenvalue weighted by molar-refractivity contribution is 6.04. The lowest BCUT2D eigenvalue weighted by Crippen LogP contribution is -2.08. The summed E-state index contributed by atoms with van der Waals surface area (Å²) in [6.45, 7) is 1.09. The third-order valence-corrected chi connectivity index (χ3v) is 3.82. The molecule has 0 aliphatic carbocycles. The number of aromatic hydroxyl groups is 1. The Morgan fingerprint density at radius 2 is 1.96 bits per heavy atom. The molecule has 7 heteroatoms. The van der Waals surface area contributed by atoms with Crippen molar-refractivity contribution in [1.29, 1.82) is 0 Å². The number of phenolic OH excluding ortho intramolecular Hbond substituents is 1. The fraction of sp³-hybridized carbons (Fsp3) is 0.111. The van der Waals surface area contributed by atoms with E-state index < -0.39 is 5.63 Å². The number of phenols is 1. The second-order valence-electron chi connectivity index (χ2n) is 5.39. The van der Waals surface area contributed by atoms with Crippen LogP contribution in [0.2, 0.25) is 0 Å². The maximum Gasteiger partial charge on any atom is 0.344 e. The molecule has 25 heavy (non-hydrogen) atoms. The summed E-state index contributed by atoms with van der Waals surface area (Å²) < 4.78 is 12.8. The number of benzene rings is 2. The summed E-state index contributed by atoms with van der Waals surface area (Å²) in [6, 6.07) is 11.9. The average molecular weight is 359 g/mol. The van der Waals surface area contributed by atoms with Crippen LogP contribution in [0.3, 0.4) is 0 Å². The maximum absolute atomic E-state index is 12.1. The second kappa shape index (κ2) is 6.86. The summed E-state index contributed by atoms with van der Waals surface area (Å²) in [5.74, 6) is 0.656.